The Hall–Kier alpha value is -0.640. The normalized spacial score (nSPS) is 14.5. The van der Waals surface area contributed by atoms with Crippen molar-refractivity contribution in [1.29, 1.82) is 0 Å². The zero-order chi connectivity index (χ0) is 13.6. The lowest BCUT2D eigenvalue weighted by Gasteiger charge is -2.29. The van der Waals surface area contributed by atoms with Crippen molar-refractivity contribution in [1.82, 2.24) is 4.90 Å². The maximum Gasteiger partial charge on any atom is 0.232 e. The first kappa shape index (κ1) is 16.4. The molecule has 3 nitrogen and oxygen atoms in total. The van der Waals surface area contributed by atoms with Crippen LogP contribution in [0, 0.1) is 17.8 Å². The number of thiocarbonyl (C=S) groups is 1. The molecule has 0 heterocycles. The average molecular weight is 258 g/mol. The van der Waals surface area contributed by atoms with Crippen molar-refractivity contribution in [3.63, 3.8) is 0 Å². The molecule has 0 aliphatic heterocycles. The summed E-state index contributed by atoms with van der Waals surface area (Å²) >= 11 is 5.01. The van der Waals surface area contributed by atoms with Gasteiger partial charge in [-0.1, -0.05) is 46.3 Å². The van der Waals surface area contributed by atoms with Crippen LogP contribution in [0.3, 0.4) is 0 Å². The van der Waals surface area contributed by atoms with Crippen LogP contribution >= 0.6 is 12.2 Å². The second kappa shape index (κ2) is 7.64. The number of hydrogen-bond acceptors (Lipinski definition) is 2. The summed E-state index contributed by atoms with van der Waals surface area (Å²) in [5.74, 6) is 0.424. The van der Waals surface area contributed by atoms with E-state index in [0.29, 0.717) is 10.9 Å². The van der Waals surface area contributed by atoms with Gasteiger partial charge in [-0.25, -0.2) is 0 Å². The van der Waals surface area contributed by atoms with E-state index in [0.717, 1.165) is 19.5 Å². The molecule has 100 valence electrons. The second-order valence-electron chi connectivity index (χ2n) is 5.01. The summed E-state index contributed by atoms with van der Waals surface area (Å²) in [5.41, 5.74) is 5.68. The summed E-state index contributed by atoms with van der Waals surface area (Å²) in [6.45, 7) is 11.8. The van der Waals surface area contributed by atoms with E-state index in [9.17, 15) is 4.79 Å². The molecule has 0 spiro atoms. The smallest absolute Gasteiger partial charge is 0.232 e. The molecule has 4 heteroatoms. The molecule has 0 aromatic carbocycles. The van der Waals surface area contributed by atoms with Crippen molar-refractivity contribution in [2.75, 3.05) is 13.1 Å². The minimum Gasteiger partial charge on any atom is -0.393 e. The van der Waals surface area contributed by atoms with Crippen molar-refractivity contribution >= 4 is 23.1 Å². The third-order valence-electron chi connectivity index (χ3n) is 3.16. The molecule has 0 rings (SSSR count). The minimum atomic E-state index is -0.325. The van der Waals surface area contributed by atoms with Gasteiger partial charge in [0, 0.05) is 13.1 Å². The van der Waals surface area contributed by atoms with Crippen LogP contribution in [-0.4, -0.2) is 28.9 Å². The van der Waals surface area contributed by atoms with Crippen LogP contribution in [0.25, 0.3) is 0 Å². The molecule has 0 aliphatic rings. The quantitative estimate of drug-likeness (QED) is 0.713. The van der Waals surface area contributed by atoms with Gasteiger partial charge in [0.05, 0.1) is 10.9 Å². The molecule has 2 unspecified atom stereocenters. The van der Waals surface area contributed by atoms with E-state index in [2.05, 4.69) is 13.8 Å². The predicted octanol–water partition coefficient (Wildman–Crippen LogP) is 2.44. The number of rotatable bonds is 7. The Bertz CT molecular complexity index is 266. The monoisotopic (exact) mass is 258 g/mol. The molecule has 0 aliphatic carbocycles. The van der Waals surface area contributed by atoms with Crippen LogP contribution in [-0.2, 0) is 4.79 Å². The molecule has 0 saturated carbocycles. The van der Waals surface area contributed by atoms with Gasteiger partial charge >= 0.3 is 0 Å². The fourth-order valence-corrected chi connectivity index (χ4v) is 2.19. The van der Waals surface area contributed by atoms with E-state index < -0.39 is 0 Å². The van der Waals surface area contributed by atoms with Gasteiger partial charge in [-0.2, -0.15) is 0 Å². The van der Waals surface area contributed by atoms with E-state index in [1.807, 2.05) is 25.7 Å². The molecule has 0 aromatic heterocycles. The zero-order valence-electron chi connectivity index (χ0n) is 11.7. The van der Waals surface area contributed by atoms with Gasteiger partial charge in [0.2, 0.25) is 5.91 Å². The molecule has 2 N–H and O–H groups in total. The number of amides is 1. The van der Waals surface area contributed by atoms with E-state index >= 15 is 0 Å². The van der Waals surface area contributed by atoms with Gasteiger partial charge in [0.25, 0.3) is 0 Å². The maximum absolute atomic E-state index is 12.4. The van der Waals surface area contributed by atoms with E-state index in [4.69, 9.17) is 18.0 Å². The Labute approximate surface area is 111 Å². The lowest BCUT2D eigenvalue weighted by atomic mass is 9.93. The summed E-state index contributed by atoms with van der Waals surface area (Å²) < 4.78 is 0. The molecule has 1 amide bonds. The summed E-state index contributed by atoms with van der Waals surface area (Å²) in [5, 5.41) is 0. The average Bonchev–Trinajstić information content (AvgIpc) is 2.24. The van der Waals surface area contributed by atoms with Crippen molar-refractivity contribution in [2.45, 2.75) is 41.0 Å². The van der Waals surface area contributed by atoms with E-state index in [1.165, 1.54) is 0 Å². The Morgan fingerprint density at radius 1 is 1.29 bits per heavy atom. The number of nitrogens with two attached hydrogens (primary N) is 1. The third-order valence-corrected chi connectivity index (χ3v) is 3.42. The molecule has 0 aromatic rings. The van der Waals surface area contributed by atoms with Crippen molar-refractivity contribution in [3.8, 4) is 0 Å². The van der Waals surface area contributed by atoms with Gasteiger partial charge < -0.3 is 10.6 Å². The number of carbonyl (C=O) groups excluding carboxylic acids is 1. The Morgan fingerprint density at radius 2 is 1.82 bits per heavy atom. The topological polar surface area (TPSA) is 46.3 Å². The first-order valence-electron chi connectivity index (χ1n) is 6.43. The van der Waals surface area contributed by atoms with E-state index in [1.54, 1.807) is 0 Å². The Kier molecular flexibility index (Phi) is 7.35. The zero-order valence-corrected chi connectivity index (χ0v) is 12.5. The standard InChI is InChI=1S/C13H26N2OS/c1-6-10(5)8-15(7-2)13(16)11(9(3)4)12(14)17/h9-11H,6-8H2,1-5H3,(H2,14,17). The Balaban J connectivity index is 4.76. The van der Waals surface area contributed by atoms with Gasteiger partial charge in [0.1, 0.15) is 0 Å². The summed E-state index contributed by atoms with van der Waals surface area (Å²) in [4.78, 5) is 14.6. The largest absolute Gasteiger partial charge is 0.393 e. The molecule has 0 radical (unpaired) electrons. The highest BCUT2D eigenvalue weighted by Crippen LogP contribution is 2.16. The lowest BCUT2D eigenvalue weighted by Crippen LogP contribution is -2.45. The lowest BCUT2D eigenvalue weighted by molar-refractivity contribution is -0.134. The minimum absolute atomic E-state index is 0.0790. The van der Waals surface area contributed by atoms with Crippen molar-refractivity contribution in [3.05, 3.63) is 0 Å². The first-order valence-corrected chi connectivity index (χ1v) is 6.83. The van der Waals surface area contributed by atoms with E-state index in [-0.39, 0.29) is 17.7 Å². The maximum atomic E-state index is 12.4. The fourth-order valence-electron chi connectivity index (χ4n) is 1.81. The summed E-state index contributed by atoms with van der Waals surface area (Å²) in [7, 11) is 0. The van der Waals surface area contributed by atoms with Crippen LogP contribution in [0.1, 0.15) is 41.0 Å². The fraction of sp³-hybridized carbons (Fsp3) is 0.846. The van der Waals surface area contributed by atoms with Crippen LogP contribution in [0.4, 0.5) is 0 Å². The molecule has 0 bridgehead atoms. The molecule has 17 heavy (non-hydrogen) atoms. The van der Waals surface area contributed by atoms with Gasteiger partial charge in [-0.3, -0.25) is 4.79 Å². The van der Waals surface area contributed by atoms with Gasteiger partial charge in [-0.15, -0.1) is 0 Å². The highest BCUT2D eigenvalue weighted by molar-refractivity contribution is 7.80. The van der Waals surface area contributed by atoms with Crippen LogP contribution < -0.4 is 5.73 Å². The molecule has 2 atom stereocenters. The van der Waals surface area contributed by atoms with Crippen LogP contribution in [0.5, 0.6) is 0 Å². The van der Waals surface area contributed by atoms with Gasteiger partial charge in [-0.05, 0) is 18.8 Å². The highest BCUT2D eigenvalue weighted by Gasteiger charge is 2.29. The molecular formula is C13H26N2OS. The van der Waals surface area contributed by atoms with Crippen LogP contribution in [0.15, 0.2) is 0 Å². The van der Waals surface area contributed by atoms with Gasteiger partial charge in [0.15, 0.2) is 0 Å². The van der Waals surface area contributed by atoms with Crippen molar-refractivity contribution in [2.24, 2.45) is 23.5 Å². The third kappa shape index (κ3) is 5.02. The number of carbonyl (C=O) groups is 1. The van der Waals surface area contributed by atoms with Crippen LogP contribution in [0.2, 0.25) is 0 Å². The van der Waals surface area contributed by atoms with Crippen molar-refractivity contribution < 1.29 is 4.79 Å². The molecule has 0 fully saturated rings. The molecule has 0 saturated heterocycles. The number of nitrogens with zero attached hydrogens (tertiary/aromatic N) is 1. The summed E-state index contributed by atoms with van der Waals surface area (Å²) in [6.07, 6.45) is 1.07. The number of hydrogen-bond donors (Lipinski definition) is 1. The SMILES string of the molecule is CCC(C)CN(CC)C(=O)C(C(N)=S)C(C)C. The summed E-state index contributed by atoms with van der Waals surface area (Å²) in [6, 6.07) is 0. The predicted molar refractivity (Wildman–Crippen MR) is 76.8 cm³/mol. The first-order chi connectivity index (χ1) is 7.84. The molecular weight excluding hydrogens is 232 g/mol. The Morgan fingerprint density at radius 3 is 2.12 bits per heavy atom. The highest BCUT2D eigenvalue weighted by atomic mass is 32.1. The second-order valence-corrected chi connectivity index (χ2v) is 5.49.